The topological polar surface area (TPSA) is 57.6 Å². The molecule has 0 aromatic rings. The fourth-order valence-electron chi connectivity index (χ4n) is 2.50. The summed E-state index contributed by atoms with van der Waals surface area (Å²) in [6.07, 6.45) is 2.43. The summed E-state index contributed by atoms with van der Waals surface area (Å²) in [6, 6.07) is -0.314. The number of nitrogens with zero attached hydrogens (tertiary/aromatic N) is 1. The third-order valence-corrected chi connectivity index (χ3v) is 3.10. The highest BCUT2D eigenvalue weighted by Crippen LogP contribution is 2.34. The number of amides is 1. The lowest BCUT2D eigenvalue weighted by Crippen LogP contribution is -2.44. The van der Waals surface area contributed by atoms with Gasteiger partial charge in [0.1, 0.15) is 0 Å². The number of carbonyl (C=O) groups excluding carboxylic acids is 1. The lowest BCUT2D eigenvalue weighted by molar-refractivity contribution is -0.125. The maximum Gasteiger partial charge on any atom is 0.407 e. The molecule has 1 heterocycles. The second-order valence-corrected chi connectivity index (χ2v) is 3.83. The van der Waals surface area contributed by atoms with Crippen LogP contribution in [-0.2, 0) is 4.79 Å². The van der Waals surface area contributed by atoms with E-state index in [-0.39, 0.29) is 11.8 Å². The Morgan fingerprint density at radius 1 is 1.46 bits per heavy atom. The number of hydrogen-bond acceptors (Lipinski definition) is 2. The summed E-state index contributed by atoms with van der Waals surface area (Å²) in [7, 11) is 0. The van der Waals surface area contributed by atoms with Gasteiger partial charge in [-0.05, 0) is 25.2 Å². The van der Waals surface area contributed by atoms with Crippen LogP contribution in [0.4, 0.5) is 4.79 Å². The predicted octanol–water partition coefficient (Wildman–Crippen LogP) is 1.11. The number of Topliss-reactive ketones (excluding diaryl/α,β-unsaturated/α-hetero) is 1. The standard InChI is InChI=1S/C9H13NO3/c11-7-3-1-2-6-4-5-10(8(6)7)9(12)13/h6,8H,1-5H2,(H,12,13)/t6-,8+/m1/s1. The first-order chi connectivity index (χ1) is 6.20. The zero-order chi connectivity index (χ0) is 9.42. The summed E-state index contributed by atoms with van der Waals surface area (Å²) >= 11 is 0. The first kappa shape index (κ1) is 8.53. The largest absolute Gasteiger partial charge is 0.465 e. The molecule has 2 rings (SSSR count). The van der Waals surface area contributed by atoms with Crippen molar-refractivity contribution in [3.8, 4) is 0 Å². The number of rotatable bonds is 0. The predicted molar refractivity (Wildman–Crippen MR) is 45.5 cm³/mol. The highest BCUT2D eigenvalue weighted by atomic mass is 16.4. The Bertz CT molecular complexity index is 251. The number of likely N-dealkylation sites (tertiary alicyclic amines) is 1. The molecule has 1 N–H and O–H groups in total. The van der Waals surface area contributed by atoms with E-state index in [1.54, 1.807) is 0 Å². The maximum atomic E-state index is 11.5. The van der Waals surface area contributed by atoms with Gasteiger partial charge in [-0.1, -0.05) is 0 Å². The van der Waals surface area contributed by atoms with E-state index in [4.69, 9.17) is 5.11 Å². The van der Waals surface area contributed by atoms with Crippen LogP contribution in [0.25, 0.3) is 0 Å². The van der Waals surface area contributed by atoms with Crippen LogP contribution in [0.2, 0.25) is 0 Å². The van der Waals surface area contributed by atoms with Gasteiger partial charge in [0.2, 0.25) is 0 Å². The zero-order valence-electron chi connectivity index (χ0n) is 7.40. The van der Waals surface area contributed by atoms with Gasteiger partial charge in [0.15, 0.2) is 5.78 Å². The summed E-state index contributed by atoms with van der Waals surface area (Å²) < 4.78 is 0. The van der Waals surface area contributed by atoms with Crippen molar-refractivity contribution in [1.82, 2.24) is 4.90 Å². The molecule has 0 spiro atoms. The monoisotopic (exact) mass is 183 g/mol. The molecule has 0 bridgehead atoms. The molecule has 2 atom stereocenters. The van der Waals surface area contributed by atoms with E-state index in [2.05, 4.69) is 0 Å². The van der Waals surface area contributed by atoms with Gasteiger partial charge in [0.05, 0.1) is 6.04 Å². The van der Waals surface area contributed by atoms with Crippen molar-refractivity contribution in [1.29, 1.82) is 0 Å². The summed E-state index contributed by atoms with van der Waals surface area (Å²) in [4.78, 5) is 23.6. The maximum absolute atomic E-state index is 11.5. The molecular formula is C9H13NO3. The molecule has 13 heavy (non-hydrogen) atoms. The lowest BCUT2D eigenvalue weighted by atomic mass is 9.84. The van der Waals surface area contributed by atoms with Crippen LogP contribution in [0.5, 0.6) is 0 Å². The van der Waals surface area contributed by atoms with Gasteiger partial charge in [-0.3, -0.25) is 9.69 Å². The SMILES string of the molecule is O=C1CCC[C@@H]2CCN(C(=O)O)[C@H]12. The Morgan fingerprint density at radius 2 is 2.23 bits per heavy atom. The second kappa shape index (κ2) is 3.01. The van der Waals surface area contributed by atoms with Crippen molar-refractivity contribution in [3.63, 3.8) is 0 Å². The molecule has 1 aliphatic carbocycles. The number of ketones is 1. The van der Waals surface area contributed by atoms with Crippen LogP contribution in [0.3, 0.4) is 0 Å². The molecule has 1 aliphatic heterocycles. The molecule has 72 valence electrons. The number of carboxylic acid groups (broad SMARTS) is 1. The first-order valence-corrected chi connectivity index (χ1v) is 4.72. The number of fused-ring (bicyclic) bond motifs is 1. The van der Waals surface area contributed by atoms with Gasteiger partial charge < -0.3 is 5.11 Å². The summed E-state index contributed by atoms with van der Waals surface area (Å²) in [5.74, 6) is 0.425. The molecule has 1 saturated heterocycles. The van der Waals surface area contributed by atoms with E-state index in [0.29, 0.717) is 18.9 Å². The van der Waals surface area contributed by atoms with Crippen molar-refractivity contribution in [2.24, 2.45) is 5.92 Å². The van der Waals surface area contributed by atoms with E-state index >= 15 is 0 Å². The molecule has 0 aromatic carbocycles. The van der Waals surface area contributed by atoms with Crippen molar-refractivity contribution in [2.45, 2.75) is 31.7 Å². The van der Waals surface area contributed by atoms with Gasteiger partial charge in [0, 0.05) is 13.0 Å². The van der Waals surface area contributed by atoms with Gasteiger partial charge in [-0.25, -0.2) is 4.79 Å². The van der Waals surface area contributed by atoms with Crippen molar-refractivity contribution < 1.29 is 14.7 Å². The van der Waals surface area contributed by atoms with E-state index in [9.17, 15) is 9.59 Å². The van der Waals surface area contributed by atoms with Gasteiger partial charge in [0.25, 0.3) is 0 Å². The molecular weight excluding hydrogens is 170 g/mol. The number of hydrogen-bond donors (Lipinski definition) is 1. The summed E-state index contributed by atoms with van der Waals surface area (Å²) in [5.41, 5.74) is 0. The molecule has 2 aliphatic rings. The molecule has 1 amide bonds. The Kier molecular flexibility index (Phi) is 1.98. The van der Waals surface area contributed by atoms with Crippen molar-refractivity contribution in [2.75, 3.05) is 6.54 Å². The minimum atomic E-state index is -0.942. The smallest absolute Gasteiger partial charge is 0.407 e. The van der Waals surface area contributed by atoms with Crippen LogP contribution in [0.15, 0.2) is 0 Å². The quantitative estimate of drug-likeness (QED) is 0.612. The molecule has 4 heteroatoms. The van der Waals surface area contributed by atoms with E-state index in [0.717, 1.165) is 19.3 Å². The Balaban J connectivity index is 2.18. The van der Waals surface area contributed by atoms with Crippen LogP contribution < -0.4 is 0 Å². The summed E-state index contributed by atoms with van der Waals surface area (Å²) in [5, 5.41) is 8.84. The first-order valence-electron chi connectivity index (χ1n) is 4.72. The molecule has 0 aromatic heterocycles. The van der Waals surface area contributed by atoms with Crippen LogP contribution in [-0.4, -0.2) is 34.5 Å². The Morgan fingerprint density at radius 3 is 2.92 bits per heavy atom. The molecule has 1 saturated carbocycles. The van der Waals surface area contributed by atoms with Crippen LogP contribution in [0.1, 0.15) is 25.7 Å². The number of carbonyl (C=O) groups is 2. The molecule has 0 radical (unpaired) electrons. The third-order valence-electron chi connectivity index (χ3n) is 3.10. The van der Waals surface area contributed by atoms with Crippen molar-refractivity contribution in [3.05, 3.63) is 0 Å². The highest BCUT2D eigenvalue weighted by molar-refractivity contribution is 5.88. The van der Waals surface area contributed by atoms with Crippen LogP contribution >= 0.6 is 0 Å². The average molecular weight is 183 g/mol. The summed E-state index contributed by atoms with van der Waals surface area (Å²) in [6.45, 7) is 0.538. The minimum absolute atomic E-state index is 0.121. The highest BCUT2D eigenvalue weighted by Gasteiger charge is 2.43. The van der Waals surface area contributed by atoms with Crippen molar-refractivity contribution >= 4 is 11.9 Å². The Hall–Kier alpha value is -1.06. The fourth-order valence-corrected chi connectivity index (χ4v) is 2.50. The molecule has 0 unspecified atom stereocenters. The molecule has 4 nitrogen and oxygen atoms in total. The van der Waals surface area contributed by atoms with Crippen LogP contribution in [0, 0.1) is 5.92 Å². The van der Waals surface area contributed by atoms with E-state index < -0.39 is 6.09 Å². The molecule has 2 fully saturated rings. The second-order valence-electron chi connectivity index (χ2n) is 3.83. The third kappa shape index (κ3) is 1.30. The van der Waals surface area contributed by atoms with Gasteiger partial charge in [-0.2, -0.15) is 0 Å². The fraction of sp³-hybridized carbons (Fsp3) is 0.778. The van der Waals surface area contributed by atoms with E-state index in [1.165, 1.54) is 4.90 Å². The van der Waals surface area contributed by atoms with E-state index in [1.807, 2.05) is 0 Å². The lowest BCUT2D eigenvalue weighted by Gasteiger charge is -2.28. The van der Waals surface area contributed by atoms with Gasteiger partial charge >= 0.3 is 6.09 Å². The normalized spacial score (nSPS) is 33.2. The average Bonchev–Trinajstić information content (AvgIpc) is 2.49. The van der Waals surface area contributed by atoms with Gasteiger partial charge in [-0.15, -0.1) is 0 Å². The zero-order valence-corrected chi connectivity index (χ0v) is 7.40. The minimum Gasteiger partial charge on any atom is -0.465 e. The Labute approximate surface area is 76.5 Å².